The van der Waals surface area contributed by atoms with E-state index in [2.05, 4.69) is 10.0 Å². The predicted molar refractivity (Wildman–Crippen MR) is 84.9 cm³/mol. The molecule has 0 aromatic heterocycles. The smallest absolute Gasteiger partial charge is 0.278 e. The van der Waals surface area contributed by atoms with Crippen molar-refractivity contribution in [2.45, 2.75) is 13.3 Å². The van der Waals surface area contributed by atoms with Crippen molar-refractivity contribution in [1.29, 1.82) is 0 Å². The monoisotopic (exact) mass is 329 g/mol. The molecule has 1 aromatic carbocycles. The number of carbonyl (C=O) groups is 1. The molecule has 0 spiro atoms. The fraction of sp³-hybridized carbons (Fsp3) is 0.500. The van der Waals surface area contributed by atoms with Crippen molar-refractivity contribution in [2.75, 3.05) is 33.8 Å². The third-order valence-electron chi connectivity index (χ3n) is 2.81. The number of carbonyl (C=O) groups excluding carboxylic acids is 1. The Morgan fingerprint density at radius 2 is 1.82 bits per heavy atom. The van der Waals surface area contributed by atoms with Gasteiger partial charge in [0.15, 0.2) is 0 Å². The summed E-state index contributed by atoms with van der Waals surface area (Å²) in [5.74, 6) is 0.609. The van der Waals surface area contributed by atoms with Crippen LogP contribution in [0.1, 0.15) is 12.5 Å². The van der Waals surface area contributed by atoms with E-state index in [0.717, 1.165) is 15.6 Å². The Kier molecular flexibility index (Phi) is 7.30. The van der Waals surface area contributed by atoms with Gasteiger partial charge in [-0.05, 0) is 24.6 Å². The number of benzene rings is 1. The zero-order chi connectivity index (χ0) is 16.6. The van der Waals surface area contributed by atoms with Gasteiger partial charge in [-0.15, -0.1) is 0 Å². The molecule has 0 aliphatic carbocycles. The van der Waals surface area contributed by atoms with Crippen LogP contribution in [0.25, 0.3) is 0 Å². The molecule has 7 nitrogen and oxygen atoms in total. The third-order valence-corrected chi connectivity index (χ3v) is 4.34. The van der Waals surface area contributed by atoms with Crippen molar-refractivity contribution in [1.82, 2.24) is 14.3 Å². The second-order valence-electron chi connectivity index (χ2n) is 4.79. The SMILES string of the molecule is CCOc1ccc(CC(=O)NCCNS(=O)(=O)N(C)C)cc1. The summed E-state index contributed by atoms with van der Waals surface area (Å²) in [5, 5.41) is 2.67. The van der Waals surface area contributed by atoms with Gasteiger partial charge in [-0.2, -0.15) is 12.7 Å². The number of hydrogen-bond acceptors (Lipinski definition) is 4. The van der Waals surface area contributed by atoms with Crippen LogP contribution in [0.3, 0.4) is 0 Å². The van der Waals surface area contributed by atoms with E-state index in [1.54, 1.807) is 0 Å². The summed E-state index contributed by atoms with van der Waals surface area (Å²) >= 11 is 0. The molecular weight excluding hydrogens is 306 g/mol. The Bertz CT molecular complexity index is 570. The zero-order valence-electron chi connectivity index (χ0n) is 13.1. The van der Waals surface area contributed by atoms with E-state index >= 15 is 0 Å². The van der Waals surface area contributed by atoms with Gasteiger partial charge in [-0.25, -0.2) is 4.72 Å². The Labute approximate surface area is 131 Å². The van der Waals surface area contributed by atoms with E-state index in [4.69, 9.17) is 4.74 Å². The Balaban J connectivity index is 2.32. The lowest BCUT2D eigenvalue weighted by Gasteiger charge is -2.12. The average Bonchev–Trinajstić information content (AvgIpc) is 2.46. The summed E-state index contributed by atoms with van der Waals surface area (Å²) < 4.78 is 31.7. The van der Waals surface area contributed by atoms with Crippen LogP contribution in [0, 0.1) is 0 Å². The van der Waals surface area contributed by atoms with Gasteiger partial charge in [0.05, 0.1) is 13.0 Å². The van der Waals surface area contributed by atoms with Crippen LogP contribution in [0.15, 0.2) is 24.3 Å². The van der Waals surface area contributed by atoms with Gasteiger partial charge < -0.3 is 10.1 Å². The minimum atomic E-state index is -3.45. The van der Waals surface area contributed by atoms with Crippen LogP contribution in [0.5, 0.6) is 5.75 Å². The first-order valence-corrected chi connectivity index (χ1v) is 8.44. The molecule has 1 aromatic rings. The van der Waals surface area contributed by atoms with Crippen molar-refractivity contribution >= 4 is 16.1 Å². The third kappa shape index (κ3) is 6.42. The maximum atomic E-state index is 11.8. The fourth-order valence-corrected chi connectivity index (χ4v) is 2.25. The first kappa shape index (κ1) is 18.4. The van der Waals surface area contributed by atoms with E-state index in [1.807, 2.05) is 31.2 Å². The molecule has 22 heavy (non-hydrogen) atoms. The molecule has 0 aliphatic rings. The lowest BCUT2D eigenvalue weighted by molar-refractivity contribution is -0.120. The molecule has 0 atom stereocenters. The van der Waals surface area contributed by atoms with Crippen molar-refractivity contribution in [3.63, 3.8) is 0 Å². The summed E-state index contributed by atoms with van der Waals surface area (Å²) in [7, 11) is -0.572. The van der Waals surface area contributed by atoms with E-state index < -0.39 is 10.2 Å². The van der Waals surface area contributed by atoms with Gasteiger partial charge in [0.2, 0.25) is 5.91 Å². The standard InChI is InChI=1S/C14H23N3O4S/c1-4-21-13-7-5-12(6-8-13)11-14(18)15-9-10-16-22(19,20)17(2)3/h5-8,16H,4,9-11H2,1-3H3,(H,15,18). The molecule has 0 bridgehead atoms. The normalized spacial score (nSPS) is 11.5. The molecule has 0 saturated carbocycles. The van der Waals surface area contributed by atoms with Crippen LogP contribution in [0.2, 0.25) is 0 Å². The lowest BCUT2D eigenvalue weighted by atomic mass is 10.1. The molecular formula is C14H23N3O4S. The first-order valence-electron chi connectivity index (χ1n) is 7.00. The van der Waals surface area contributed by atoms with Gasteiger partial charge in [0.1, 0.15) is 5.75 Å². The summed E-state index contributed by atoms with van der Waals surface area (Å²) in [6.45, 7) is 2.90. The Morgan fingerprint density at radius 1 is 1.18 bits per heavy atom. The van der Waals surface area contributed by atoms with Crippen molar-refractivity contribution < 1.29 is 17.9 Å². The van der Waals surface area contributed by atoms with Gasteiger partial charge in [0, 0.05) is 27.2 Å². The second kappa shape index (κ2) is 8.72. The maximum absolute atomic E-state index is 11.8. The number of nitrogens with one attached hydrogen (secondary N) is 2. The van der Waals surface area contributed by atoms with Gasteiger partial charge in [0.25, 0.3) is 10.2 Å². The number of ether oxygens (including phenoxy) is 1. The molecule has 0 saturated heterocycles. The molecule has 124 valence electrons. The van der Waals surface area contributed by atoms with E-state index in [1.165, 1.54) is 14.1 Å². The maximum Gasteiger partial charge on any atom is 0.278 e. The lowest BCUT2D eigenvalue weighted by Crippen LogP contribution is -2.40. The molecule has 8 heteroatoms. The topological polar surface area (TPSA) is 87.7 Å². The predicted octanol–water partition coefficient (Wildman–Crippen LogP) is 0.140. The molecule has 2 N–H and O–H groups in total. The van der Waals surface area contributed by atoms with Crippen LogP contribution >= 0.6 is 0 Å². The van der Waals surface area contributed by atoms with E-state index in [0.29, 0.717) is 6.61 Å². The highest BCUT2D eigenvalue weighted by Gasteiger charge is 2.11. The molecule has 1 amide bonds. The molecule has 0 radical (unpaired) electrons. The average molecular weight is 329 g/mol. The first-order chi connectivity index (χ1) is 10.3. The van der Waals surface area contributed by atoms with Gasteiger partial charge in [-0.3, -0.25) is 4.79 Å². The summed E-state index contributed by atoms with van der Waals surface area (Å²) in [6.07, 6.45) is 0.243. The van der Waals surface area contributed by atoms with Crippen molar-refractivity contribution in [3.8, 4) is 5.75 Å². The summed E-state index contributed by atoms with van der Waals surface area (Å²) in [5.41, 5.74) is 0.870. The highest BCUT2D eigenvalue weighted by Crippen LogP contribution is 2.12. The molecule has 0 heterocycles. The van der Waals surface area contributed by atoms with Gasteiger partial charge >= 0.3 is 0 Å². The zero-order valence-corrected chi connectivity index (χ0v) is 13.9. The van der Waals surface area contributed by atoms with E-state index in [9.17, 15) is 13.2 Å². The fourth-order valence-electron chi connectivity index (χ4n) is 1.63. The Morgan fingerprint density at radius 3 is 2.36 bits per heavy atom. The van der Waals surface area contributed by atoms with Crippen molar-refractivity contribution in [2.24, 2.45) is 0 Å². The molecule has 1 rings (SSSR count). The number of rotatable bonds is 9. The number of amides is 1. The molecule has 0 fully saturated rings. The second-order valence-corrected chi connectivity index (χ2v) is 6.75. The molecule has 0 aliphatic heterocycles. The minimum Gasteiger partial charge on any atom is -0.494 e. The quantitative estimate of drug-likeness (QED) is 0.631. The van der Waals surface area contributed by atoms with E-state index in [-0.39, 0.29) is 25.4 Å². The number of hydrogen-bond donors (Lipinski definition) is 2. The molecule has 0 unspecified atom stereocenters. The van der Waals surface area contributed by atoms with Crippen LogP contribution in [0.4, 0.5) is 0 Å². The van der Waals surface area contributed by atoms with Crippen LogP contribution < -0.4 is 14.8 Å². The minimum absolute atomic E-state index is 0.148. The van der Waals surface area contributed by atoms with Crippen LogP contribution in [-0.2, 0) is 21.4 Å². The van der Waals surface area contributed by atoms with Crippen LogP contribution in [-0.4, -0.2) is 52.4 Å². The summed E-state index contributed by atoms with van der Waals surface area (Å²) in [6, 6.07) is 7.30. The summed E-state index contributed by atoms with van der Waals surface area (Å²) in [4.78, 5) is 11.8. The van der Waals surface area contributed by atoms with Gasteiger partial charge in [-0.1, -0.05) is 12.1 Å². The Hall–Kier alpha value is -1.64. The number of nitrogens with zero attached hydrogens (tertiary/aromatic N) is 1. The van der Waals surface area contributed by atoms with Crippen molar-refractivity contribution in [3.05, 3.63) is 29.8 Å². The largest absolute Gasteiger partial charge is 0.494 e. The highest BCUT2D eigenvalue weighted by molar-refractivity contribution is 7.87. The highest BCUT2D eigenvalue weighted by atomic mass is 32.2.